The van der Waals surface area contributed by atoms with Crippen molar-refractivity contribution in [3.63, 3.8) is 0 Å². The summed E-state index contributed by atoms with van der Waals surface area (Å²) >= 11 is 0. The first-order valence-electron chi connectivity index (χ1n) is 7.22. The highest BCUT2D eigenvalue weighted by Gasteiger charge is 2.45. The summed E-state index contributed by atoms with van der Waals surface area (Å²) in [5.41, 5.74) is 1.77. The number of fused-ring (bicyclic) bond motifs is 1. The lowest BCUT2D eigenvalue weighted by Crippen LogP contribution is -2.19. The molecule has 4 rings (SSSR count). The van der Waals surface area contributed by atoms with E-state index in [1.54, 1.807) is 6.20 Å². The van der Waals surface area contributed by atoms with Crippen LogP contribution >= 0.6 is 0 Å². The molecule has 1 heterocycles. The number of carbonyl (C=O) groups excluding carboxylic acids is 1. The van der Waals surface area contributed by atoms with E-state index < -0.39 is 0 Å². The van der Waals surface area contributed by atoms with E-state index in [2.05, 4.69) is 4.98 Å². The molecule has 0 atom stereocenters. The molecule has 2 aliphatic carbocycles. The second-order valence-electron chi connectivity index (χ2n) is 5.98. The van der Waals surface area contributed by atoms with E-state index in [-0.39, 0.29) is 5.92 Å². The molecule has 2 heteroatoms. The van der Waals surface area contributed by atoms with Crippen LogP contribution in [0.2, 0.25) is 0 Å². The lowest BCUT2D eigenvalue weighted by Gasteiger charge is -2.14. The first-order chi connectivity index (χ1) is 9.33. The minimum atomic E-state index is 0.281. The van der Waals surface area contributed by atoms with Crippen LogP contribution in [0.25, 0.3) is 10.9 Å². The Morgan fingerprint density at radius 1 is 1.11 bits per heavy atom. The third-order valence-electron chi connectivity index (χ3n) is 4.44. The van der Waals surface area contributed by atoms with Gasteiger partial charge in [-0.25, -0.2) is 0 Å². The van der Waals surface area contributed by atoms with Crippen molar-refractivity contribution in [1.29, 1.82) is 0 Å². The summed E-state index contributed by atoms with van der Waals surface area (Å²) < 4.78 is 0. The number of aromatic nitrogens is 1. The summed E-state index contributed by atoms with van der Waals surface area (Å²) in [5.74, 6) is 1.93. The Hall–Kier alpha value is -1.70. The van der Waals surface area contributed by atoms with E-state index in [9.17, 15) is 4.79 Å². The number of benzene rings is 1. The van der Waals surface area contributed by atoms with Gasteiger partial charge in [-0.1, -0.05) is 18.2 Å². The smallest absolute Gasteiger partial charge is 0.168 e. The van der Waals surface area contributed by atoms with Crippen molar-refractivity contribution < 1.29 is 4.79 Å². The number of nitrogens with zero attached hydrogens (tertiary/aromatic N) is 1. The minimum Gasteiger partial charge on any atom is -0.294 e. The molecule has 96 valence electrons. The highest BCUT2D eigenvalue weighted by Crippen LogP contribution is 2.50. The van der Waals surface area contributed by atoms with Crippen molar-refractivity contribution in [2.24, 2.45) is 17.8 Å². The maximum Gasteiger partial charge on any atom is 0.168 e. The zero-order valence-electron chi connectivity index (χ0n) is 10.9. The van der Waals surface area contributed by atoms with Crippen LogP contribution in [-0.2, 0) is 0 Å². The topological polar surface area (TPSA) is 30.0 Å². The zero-order chi connectivity index (χ0) is 12.8. The maximum atomic E-state index is 12.7. The molecule has 0 saturated heterocycles. The Labute approximate surface area is 112 Å². The van der Waals surface area contributed by atoms with E-state index in [0.29, 0.717) is 17.6 Å². The molecular weight excluding hydrogens is 234 g/mol. The van der Waals surface area contributed by atoms with Gasteiger partial charge in [-0.3, -0.25) is 9.78 Å². The van der Waals surface area contributed by atoms with E-state index in [0.717, 1.165) is 16.5 Å². The minimum absolute atomic E-state index is 0.281. The largest absolute Gasteiger partial charge is 0.294 e. The SMILES string of the molecule is O=C(c1cnc2ccccc2c1)C(C1CC1)C1CC1. The number of para-hydroxylation sites is 1. The predicted octanol–water partition coefficient (Wildman–Crippen LogP) is 3.85. The van der Waals surface area contributed by atoms with Crippen LogP contribution in [0.3, 0.4) is 0 Å². The third kappa shape index (κ3) is 2.05. The summed E-state index contributed by atoms with van der Waals surface area (Å²) in [6.45, 7) is 0. The van der Waals surface area contributed by atoms with Gasteiger partial charge in [0.1, 0.15) is 0 Å². The standard InChI is InChI=1S/C17H17NO/c19-17(16(11-5-6-11)12-7-8-12)14-9-13-3-1-2-4-15(13)18-10-14/h1-4,9-12,16H,5-8H2. The number of Topliss-reactive ketones (excluding diaryl/α,β-unsaturated/α-hetero) is 1. The Balaban J connectivity index is 1.70. The zero-order valence-corrected chi connectivity index (χ0v) is 10.9. The lowest BCUT2D eigenvalue weighted by molar-refractivity contribution is 0.0886. The molecular formula is C17H17NO. The van der Waals surface area contributed by atoms with Gasteiger partial charge in [0.25, 0.3) is 0 Å². The fraction of sp³-hybridized carbons (Fsp3) is 0.412. The van der Waals surface area contributed by atoms with Gasteiger partial charge in [-0.2, -0.15) is 0 Å². The summed E-state index contributed by atoms with van der Waals surface area (Å²) in [6, 6.07) is 10.0. The second-order valence-corrected chi connectivity index (χ2v) is 5.98. The Morgan fingerprint density at radius 3 is 2.47 bits per heavy atom. The van der Waals surface area contributed by atoms with Crippen LogP contribution in [0.1, 0.15) is 36.0 Å². The van der Waals surface area contributed by atoms with Crippen LogP contribution in [-0.4, -0.2) is 10.8 Å². The molecule has 2 saturated carbocycles. The molecule has 2 aliphatic rings. The van der Waals surface area contributed by atoms with E-state index in [4.69, 9.17) is 0 Å². The molecule has 2 aromatic rings. The normalized spacial score (nSPS) is 19.0. The van der Waals surface area contributed by atoms with Crippen molar-refractivity contribution in [3.8, 4) is 0 Å². The van der Waals surface area contributed by atoms with Crippen molar-refractivity contribution in [2.75, 3.05) is 0 Å². The van der Waals surface area contributed by atoms with Crippen LogP contribution < -0.4 is 0 Å². The van der Waals surface area contributed by atoms with Crippen LogP contribution in [0, 0.1) is 17.8 Å². The third-order valence-corrected chi connectivity index (χ3v) is 4.44. The van der Waals surface area contributed by atoms with Crippen molar-refractivity contribution in [2.45, 2.75) is 25.7 Å². The molecule has 2 nitrogen and oxygen atoms in total. The molecule has 0 radical (unpaired) electrons. The van der Waals surface area contributed by atoms with Gasteiger partial charge in [0.2, 0.25) is 0 Å². The van der Waals surface area contributed by atoms with Gasteiger partial charge >= 0.3 is 0 Å². The van der Waals surface area contributed by atoms with Gasteiger partial charge in [0.05, 0.1) is 5.52 Å². The van der Waals surface area contributed by atoms with E-state index >= 15 is 0 Å². The molecule has 0 spiro atoms. The van der Waals surface area contributed by atoms with Crippen LogP contribution in [0.5, 0.6) is 0 Å². The number of ketones is 1. The quantitative estimate of drug-likeness (QED) is 0.772. The molecule has 0 unspecified atom stereocenters. The predicted molar refractivity (Wildman–Crippen MR) is 75.0 cm³/mol. The first-order valence-corrected chi connectivity index (χ1v) is 7.22. The van der Waals surface area contributed by atoms with Crippen molar-refractivity contribution >= 4 is 16.7 Å². The van der Waals surface area contributed by atoms with Crippen LogP contribution in [0.4, 0.5) is 0 Å². The van der Waals surface area contributed by atoms with Gasteiger partial charge in [0.15, 0.2) is 5.78 Å². The van der Waals surface area contributed by atoms with Gasteiger partial charge in [-0.05, 0) is 49.7 Å². The second kappa shape index (κ2) is 4.16. The highest BCUT2D eigenvalue weighted by atomic mass is 16.1. The average molecular weight is 251 g/mol. The fourth-order valence-corrected chi connectivity index (χ4v) is 3.12. The van der Waals surface area contributed by atoms with E-state index in [1.165, 1.54) is 25.7 Å². The van der Waals surface area contributed by atoms with Crippen molar-refractivity contribution in [3.05, 3.63) is 42.1 Å². The highest BCUT2D eigenvalue weighted by molar-refractivity contribution is 6.00. The molecule has 2 fully saturated rings. The molecule has 1 aromatic carbocycles. The monoisotopic (exact) mass is 251 g/mol. The Kier molecular flexibility index (Phi) is 2.44. The molecule has 0 amide bonds. The summed E-state index contributed by atoms with van der Waals surface area (Å²) in [6.07, 6.45) is 6.74. The number of rotatable bonds is 4. The molecule has 0 bridgehead atoms. The van der Waals surface area contributed by atoms with E-state index in [1.807, 2.05) is 30.3 Å². The fourth-order valence-electron chi connectivity index (χ4n) is 3.12. The number of hydrogen-bond donors (Lipinski definition) is 0. The first kappa shape index (κ1) is 11.2. The number of pyridine rings is 1. The average Bonchev–Trinajstić information content (AvgIpc) is 3.32. The van der Waals surface area contributed by atoms with Gasteiger partial charge in [0, 0.05) is 23.1 Å². The number of carbonyl (C=O) groups is 1. The summed E-state index contributed by atoms with van der Waals surface area (Å²) in [7, 11) is 0. The Morgan fingerprint density at radius 2 is 1.79 bits per heavy atom. The maximum absolute atomic E-state index is 12.7. The molecule has 19 heavy (non-hydrogen) atoms. The van der Waals surface area contributed by atoms with Crippen molar-refractivity contribution in [1.82, 2.24) is 4.98 Å². The Bertz CT molecular complexity index is 629. The van der Waals surface area contributed by atoms with Gasteiger partial charge < -0.3 is 0 Å². The molecule has 0 N–H and O–H groups in total. The van der Waals surface area contributed by atoms with Gasteiger partial charge in [-0.15, -0.1) is 0 Å². The summed E-state index contributed by atoms with van der Waals surface area (Å²) in [5, 5.41) is 1.07. The van der Waals surface area contributed by atoms with Crippen LogP contribution in [0.15, 0.2) is 36.5 Å². The summed E-state index contributed by atoms with van der Waals surface area (Å²) in [4.78, 5) is 17.1. The molecule has 0 aliphatic heterocycles. The number of hydrogen-bond acceptors (Lipinski definition) is 2. The lowest BCUT2D eigenvalue weighted by atomic mass is 9.89. The molecule has 1 aromatic heterocycles.